The van der Waals surface area contributed by atoms with Gasteiger partial charge in [-0.2, -0.15) is 0 Å². The summed E-state index contributed by atoms with van der Waals surface area (Å²) in [6.07, 6.45) is 14.6. The quantitative estimate of drug-likeness (QED) is 0.131. The van der Waals surface area contributed by atoms with Crippen molar-refractivity contribution < 1.29 is 60.2 Å². The van der Waals surface area contributed by atoms with E-state index in [1.807, 2.05) is 63.2 Å². The van der Waals surface area contributed by atoms with Gasteiger partial charge in [-0.3, -0.25) is 0 Å². The summed E-state index contributed by atoms with van der Waals surface area (Å²) < 4.78 is 7.93. The van der Waals surface area contributed by atoms with Crippen LogP contribution in [0.5, 0.6) is 0 Å². The molecule has 0 aliphatic heterocycles. The van der Waals surface area contributed by atoms with E-state index in [1.54, 1.807) is 0 Å². The summed E-state index contributed by atoms with van der Waals surface area (Å²) in [6.45, 7) is 0. The number of imidazole rings is 2. The Morgan fingerprint density at radius 1 is 0.821 bits per heavy atom. The fourth-order valence-electron chi connectivity index (χ4n) is 2.19. The normalized spacial score (nSPS) is 8.82. The molecule has 0 unspecified atom stereocenters. The molecule has 0 atom stereocenters. The minimum atomic E-state index is 0. The monoisotopic (exact) mass is 634 g/mol. The van der Waals surface area contributed by atoms with Crippen molar-refractivity contribution in [2.75, 3.05) is 10.7 Å². The smallest absolute Gasteiger partial charge is 1.00 e. The van der Waals surface area contributed by atoms with Crippen LogP contribution in [0.15, 0.2) is 55.1 Å². The van der Waals surface area contributed by atoms with Crippen LogP contribution in [0.1, 0.15) is 11.7 Å². The van der Waals surface area contributed by atoms with Crippen LogP contribution in [-0.4, -0.2) is 19.8 Å². The Balaban J connectivity index is -0.000000623. The number of benzene rings is 1. The largest absolute Gasteiger partial charge is 2.00 e. The molecule has 0 bridgehead atoms. The minimum absolute atomic E-state index is 0. The van der Waals surface area contributed by atoms with Gasteiger partial charge in [-0.1, -0.05) is 30.3 Å². The maximum atomic E-state index is 4.76. The number of aromatic nitrogens is 4. The first-order chi connectivity index (χ1) is 12.1. The first kappa shape index (κ1) is 32.9. The molecule has 28 heavy (non-hydrogen) atoms. The number of aryl methyl sites for hydroxylation is 2. The van der Waals surface area contributed by atoms with Crippen molar-refractivity contribution in [3.05, 3.63) is 73.3 Å². The topological polar surface area (TPSA) is 17.6 Å². The molecule has 0 radical (unpaired) electrons. The van der Waals surface area contributed by atoms with Crippen molar-refractivity contribution in [2.45, 2.75) is 6.17 Å². The number of halogens is 6. The maximum Gasteiger partial charge on any atom is 2.00 e. The Kier molecular flexibility index (Phi) is 22.6. The molecule has 0 N–H and O–H groups in total. The fraction of sp³-hybridized carbons (Fsp3) is 0.294. The number of alkyl halides is 4. The molecule has 0 aliphatic rings. The van der Waals surface area contributed by atoms with E-state index in [9.17, 15) is 0 Å². The van der Waals surface area contributed by atoms with Crippen LogP contribution >= 0.6 is 46.4 Å². The summed E-state index contributed by atoms with van der Waals surface area (Å²) in [7, 11) is 3.94. The second-order valence-electron chi connectivity index (χ2n) is 4.82. The molecule has 0 fully saturated rings. The molecule has 2 aromatic heterocycles. The second kappa shape index (κ2) is 19.3. The van der Waals surface area contributed by atoms with Gasteiger partial charge >= 0.3 is 17.1 Å². The zero-order valence-corrected chi connectivity index (χ0v) is 22.4. The van der Waals surface area contributed by atoms with Crippen LogP contribution in [0.2, 0.25) is 0 Å². The molecule has 0 saturated carbocycles. The predicted molar refractivity (Wildman–Crippen MR) is 102 cm³/mol. The van der Waals surface area contributed by atoms with Crippen molar-refractivity contribution in [1.82, 2.24) is 9.13 Å². The average Bonchev–Trinajstić information content (AvgIpc) is 3.20. The number of hydrogen-bond acceptors (Lipinski definition) is 0. The van der Waals surface area contributed by atoms with E-state index >= 15 is 0 Å². The second-order valence-corrected chi connectivity index (χ2v) is 6.44. The van der Waals surface area contributed by atoms with Crippen LogP contribution in [-0.2, 0) is 31.2 Å². The molecule has 2 heterocycles. The van der Waals surface area contributed by atoms with Crippen LogP contribution in [0.25, 0.3) is 0 Å². The summed E-state index contributed by atoms with van der Waals surface area (Å²) in [4.78, 5) is 0. The number of rotatable bonds is 3. The third kappa shape index (κ3) is 11.5. The van der Waals surface area contributed by atoms with E-state index in [-0.39, 0.29) is 67.9 Å². The van der Waals surface area contributed by atoms with E-state index in [1.165, 1.54) is 5.56 Å². The molecular weight excluding hydrogens is 618 g/mol. The van der Waals surface area contributed by atoms with Gasteiger partial charge in [0.05, 0.1) is 24.8 Å². The van der Waals surface area contributed by atoms with E-state index < -0.39 is 0 Å². The molecule has 4 nitrogen and oxygen atoms in total. The van der Waals surface area contributed by atoms with Crippen molar-refractivity contribution in [2.24, 2.45) is 14.1 Å². The van der Waals surface area contributed by atoms with E-state index in [2.05, 4.69) is 36.9 Å². The van der Waals surface area contributed by atoms with Gasteiger partial charge in [-0.15, -0.1) is 46.4 Å². The maximum absolute atomic E-state index is 4.76. The Morgan fingerprint density at radius 2 is 1.18 bits per heavy atom. The van der Waals surface area contributed by atoms with Crippen molar-refractivity contribution in [1.29, 1.82) is 0 Å². The van der Waals surface area contributed by atoms with Gasteiger partial charge in [0.25, 0.3) is 0 Å². The Hall–Kier alpha value is 0.279. The van der Waals surface area contributed by atoms with E-state index in [0.717, 1.165) is 0 Å². The zero-order valence-electron chi connectivity index (χ0n) is 15.1. The van der Waals surface area contributed by atoms with Gasteiger partial charge in [-0.25, -0.2) is 0 Å². The molecule has 158 valence electrons. The molecule has 0 spiro atoms. The standard InChI is InChI=1S/C15H16N4.2CH2Cl2.2BrH.Fe/c1-16-8-10-18(12-16)15(14-6-4-3-5-7-14)19-11-9-17(2)13-19;2*2-1-3;;;/h3-11,15H,1-2H3;2*1H2;2*1H;/q;;;;;+2/p-2. The van der Waals surface area contributed by atoms with Gasteiger partial charge in [0.1, 0.15) is 0 Å². The first-order valence-corrected chi connectivity index (χ1v) is 9.41. The molecule has 0 amide bonds. The van der Waals surface area contributed by atoms with Crippen LogP contribution in [0, 0.1) is 12.7 Å². The Morgan fingerprint density at radius 3 is 1.46 bits per heavy atom. The Labute approximate surface area is 218 Å². The fourth-order valence-corrected chi connectivity index (χ4v) is 2.19. The average molecular weight is 638 g/mol. The van der Waals surface area contributed by atoms with Crippen molar-refractivity contribution in [3.8, 4) is 0 Å². The van der Waals surface area contributed by atoms with Crippen molar-refractivity contribution in [3.63, 3.8) is 0 Å². The molecule has 0 saturated heterocycles. The zero-order chi connectivity index (χ0) is 18.7. The molecule has 0 aliphatic carbocycles. The summed E-state index contributed by atoms with van der Waals surface area (Å²) in [6, 6.07) is 10.4. The van der Waals surface area contributed by atoms with Crippen LogP contribution in [0.3, 0.4) is 0 Å². The summed E-state index contributed by atoms with van der Waals surface area (Å²) in [5, 5.41) is 0.389. The van der Waals surface area contributed by atoms with Crippen molar-refractivity contribution >= 4 is 46.4 Å². The van der Waals surface area contributed by atoms with E-state index in [0.29, 0.717) is 0 Å². The van der Waals surface area contributed by atoms with Gasteiger partial charge < -0.3 is 52.2 Å². The van der Waals surface area contributed by atoms with Gasteiger partial charge in [-0.05, 0) is 24.8 Å². The van der Waals surface area contributed by atoms with Gasteiger partial charge in [0.2, 0.25) is 18.8 Å². The minimum Gasteiger partial charge on any atom is -1.00 e. The SMILES string of the molecule is C[n+]1[c-]n(C(c2ccccc2)n2[c-][n+](C)cc2)cc1.ClCCl.ClCCl.[Br-].[Br-].[Fe+2]. The summed E-state index contributed by atoms with van der Waals surface area (Å²) in [5.41, 5.74) is 1.20. The van der Waals surface area contributed by atoms with Crippen LogP contribution < -0.4 is 43.1 Å². The van der Waals surface area contributed by atoms with Gasteiger partial charge in [0.15, 0.2) is 0 Å². The predicted octanol–water partition coefficient (Wildman–Crippen LogP) is -2.52. The third-order valence-corrected chi connectivity index (χ3v) is 3.07. The third-order valence-electron chi connectivity index (χ3n) is 3.07. The summed E-state index contributed by atoms with van der Waals surface area (Å²) >= 11 is 19.1. The summed E-state index contributed by atoms with van der Waals surface area (Å²) in [5.74, 6) is 0. The van der Waals surface area contributed by atoms with Crippen LogP contribution in [0.4, 0.5) is 0 Å². The molecule has 3 rings (SSSR count). The Bertz CT molecular complexity index is 687. The molecule has 3 aromatic rings. The molecule has 1 aromatic carbocycles. The number of nitrogens with zero attached hydrogens (tertiary/aromatic N) is 4. The number of hydrogen-bond donors (Lipinski definition) is 0. The van der Waals surface area contributed by atoms with E-state index in [4.69, 9.17) is 46.4 Å². The first-order valence-electron chi connectivity index (χ1n) is 7.27. The molecular formula is C17H20Br2Cl4FeN4. The van der Waals surface area contributed by atoms with Gasteiger partial charge in [0, 0.05) is 5.56 Å². The molecule has 11 heteroatoms.